The number of hydrogen-bond donors (Lipinski definition) is 2. The number of anilines is 1. The van der Waals surface area contributed by atoms with Gasteiger partial charge in [-0.3, -0.25) is 0 Å². The van der Waals surface area contributed by atoms with Crippen LogP contribution in [0.2, 0.25) is 0 Å². The molecule has 0 aliphatic carbocycles. The highest BCUT2D eigenvalue weighted by Gasteiger charge is 2.02. The van der Waals surface area contributed by atoms with Gasteiger partial charge >= 0.3 is 0 Å². The SMILES string of the molecule is Cc1ccccc1Oc1ccc(NC(=S)NC(C)C)cc1. The molecule has 0 radical (unpaired) electrons. The zero-order chi connectivity index (χ0) is 15.2. The van der Waals surface area contributed by atoms with E-state index in [1.54, 1.807) is 0 Å². The van der Waals surface area contributed by atoms with Crippen molar-refractivity contribution in [2.45, 2.75) is 26.8 Å². The van der Waals surface area contributed by atoms with Crippen LogP contribution in [0.3, 0.4) is 0 Å². The average Bonchev–Trinajstić information content (AvgIpc) is 2.42. The van der Waals surface area contributed by atoms with E-state index in [1.807, 2.05) is 69.3 Å². The van der Waals surface area contributed by atoms with Gasteiger partial charge in [0, 0.05) is 11.7 Å². The van der Waals surface area contributed by atoms with Crippen molar-refractivity contribution < 1.29 is 4.74 Å². The van der Waals surface area contributed by atoms with Crippen LogP contribution in [0.5, 0.6) is 11.5 Å². The Balaban J connectivity index is 1.99. The fraction of sp³-hybridized carbons (Fsp3) is 0.235. The highest BCUT2D eigenvalue weighted by molar-refractivity contribution is 7.80. The molecule has 0 fully saturated rings. The molecule has 0 aromatic heterocycles. The third kappa shape index (κ3) is 4.76. The first-order valence-corrected chi connectivity index (χ1v) is 7.36. The summed E-state index contributed by atoms with van der Waals surface area (Å²) in [4.78, 5) is 0. The molecule has 0 saturated heterocycles. The van der Waals surface area contributed by atoms with E-state index in [1.165, 1.54) is 0 Å². The van der Waals surface area contributed by atoms with Gasteiger partial charge in [0.25, 0.3) is 0 Å². The van der Waals surface area contributed by atoms with Crippen molar-refractivity contribution in [2.24, 2.45) is 0 Å². The van der Waals surface area contributed by atoms with Crippen molar-refractivity contribution in [2.75, 3.05) is 5.32 Å². The molecular weight excluding hydrogens is 280 g/mol. The monoisotopic (exact) mass is 300 g/mol. The molecular formula is C17H20N2OS. The number of benzene rings is 2. The largest absolute Gasteiger partial charge is 0.457 e. The summed E-state index contributed by atoms with van der Waals surface area (Å²) in [5.74, 6) is 1.67. The standard InChI is InChI=1S/C17H20N2OS/c1-12(2)18-17(21)19-14-8-10-15(11-9-14)20-16-7-5-4-6-13(16)3/h4-12H,1-3H3,(H2,18,19,21). The predicted octanol–water partition coefficient (Wildman–Crippen LogP) is 4.48. The molecule has 2 rings (SSSR count). The van der Waals surface area contributed by atoms with E-state index in [4.69, 9.17) is 17.0 Å². The molecule has 0 aliphatic rings. The Morgan fingerprint density at radius 1 is 1.05 bits per heavy atom. The Morgan fingerprint density at radius 2 is 1.71 bits per heavy atom. The Labute approximate surface area is 131 Å². The van der Waals surface area contributed by atoms with E-state index in [9.17, 15) is 0 Å². The van der Waals surface area contributed by atoms with Crippen molar-refractivity contribution in [3.63, 3.8) is 0 Å². The average molecular weight is 300 g/mol. The number of thiocarbonyl (C=S) groups is 1. The number of rotatable bonds is 4. The molecule has 2 N–H and O–H groups in total. The summed E-state index contributed by atoms with van der Waals surface area (Å²) < 4.78 is 5.86. The van der Waals surface area contributed by atoms with Crippen molar-refractivity contribution in [1.82, 2.24) is 5.32 Å². The maximum atomic E-state index is 5.86. The number of para-hydroxylation sites is 1. The second-order valence-corrected chi connectivity index (χ2v) is 5.55. The molecule has 110 valence electrons. The van der Waals surface area contributed by atoms with Crippen molar-refractivity contribution in [3.05, 3.63) is 54.1 Å². The van der Waals surface area contributed by atoms with Crippen LogP contribution in [0, 0.1) is 6.92 Å². The zero-order valence-corrected chi connectivity index (χ0v) is 13.3. The minimum atomic E-state index is 0.314. The lowest BCUT2D eigenvalue weighted by molar-refractivity contribution is 0.479. The van der Waals surface area contributed by atoms with Crippen LogP contribution in [0.1, 0.15) is 19.4 Å². The third-order valence-corrected chi connectivity index (χ3v) is 3.07. The summed E-state index contributed by atoms with van der Waals surface area (Å²) in [7, 11) is 0. The van der Waals surface area contributed by atoms with Gasteiger partial charge in [0.05, 0.1) is 0 Å². The van der Waals surface area contributed by atoms with Gasteiger partial charge in [-0.25, -0.2) is 0 Å². The molecule has 0 atom stereocenters. The van der Waals surface area contributed by atoms with Crippen molar-refractivity contribution >= 4 is 23.0 Å². The van der Waals surface area contributed by atoms with Crippen LogP contribution >= 0.6 is 12.2 Å². The molecule has 21 heavy (non-hydrogen) atoms. The Kier molecular flexibility index (Phi) is 5.17. The molecule has 0 amide bonds. The maximum absolute atomic E-state index is 5.86. The first-order valence-electron chi connectivity index (χ1n) is 6.95. The van der Waals surface area contributed by atoms with Crippen LogP contribution in [-0.2, 0) is 0 Å². The molecule has 0 heterocycles. The van der Waals surface area contributed by atoms with Crippen LogP contribution in [0.15, 0.2) is 48.5 Å². The molecule has 0 bridgehead atoms. The van der Waals surface area contributed by atoms with E-state index in [2.05, 4.69) is 10.6 Å². The highest BCUT2D eigenvalue weighted by Crippen LogP contribution is 2.25. The van der Waals surface area contributed by atoms with Crippen LogP contribution in [0.4, 0.5) is 5.69 Å². The van der Waals surface area contributed by atoms with Gasteiger partial charge in [0.15, 0.2) is 5.11 Å². The van der Waals surface area contributed by atoms with Crippen LogP contribution in [0.25, 0.3) is 0 Å². The molecule has 3 nitrogen and oxygen atoms in total. The Hall–Kier alpha value is -2.07. The second-order valence-electron chi connectivity index (χ2n) is 5.15. The first kappa shape index (κ1) is 15.3. The van der Waals surface area contributed by atoms with Crippen LogP contribution < -0.4 is 15.4 Å². The minimum absolute atomic E-state index is 0.314. The van der Waals surface area contributed by atoms with Gasteiger partial charge < -0.3 is 15.4 Å². The molecule has 0 saturated carbocycles. The van der Waals surface area contributed by atoms with Crippen molar-refractivity contribution in [3.8, 4) is 11.5 Å². The minimum Gasteiger partial charge on any atom is -0.457 e. The van der Waals surface area contributed by atoms with E-state index >= 15 is 0 Å². The summed E-state index contributed by atoms with van der Waals surface area (Å²) >= 11 is 5.21. The molecule has 4 heteroatoms. The number of ether oxygens (including phenoxy) is 1. The highest BCUT2D eigenvalue weighted by atomic mass is 32.1. The maximum Gasteiger partial charge on any atom is 0.170 e. The number of hydrogen-bond acceptors (Lipinski definition) is 2. The van der Waals surface area contributed by atoms with Gasteiger partial charge in [0.1, 0.15) is 11.5 Å². The summed E-state index contributed by atoms with van der Waals surface area (Å²) in [6.45, 7) is 6.13. The molecule has 2 aromatic rings. The molecule has 0 unspecified atom stereocenters. The van der Waals surface area contributed by atoms with Gasteiger partial charge in [-0.1, -0.05) is 18.2 Å². The van der Waals surface area contributed by atoms with Gasteiger partial charge in [-0.05, 0) is 68.9 Å². The molecule has 0 aliphatic heterocycles. The van der Waals surface area contributed by atoms with E-state index < -0.39 is 0 Å². The molecule has 2 aromatic carbocycles. The van der Waals surface area contributed by atoms with E-state index in [0.29, 0.717) is 11.2 Å². The lowest BCUT2D eigenvalue weighted by Gasteiger charge is -2.13. The second kappa shape index (κ2) is 7.09. The smallest absolute Gasteiger partial charge is 0.170 e. The van der Waals surface area contributed by atoms with Gasteiger partial charge in [-0.2, -0.15) is 0 Å². The van der Waals surface area contributed by atoms with Gasteiger partial charge in [-0.15, -0.1) is 0 Å². The normalized spacial score (nSPS) is 10.3. The topological polar surface area (TPSA) is 33.3 Å². The lowest BCUT2D eigenvalue weighted by Crippen LogP contribution is -2.33. The number of nitrogens with one attached hydrogen (secondary N) is 2. The van der Waals surface area contributed by atoms with E-state index in [0.717, 1.165) is 22.7 Å². The quantitative estimate of drug-likeness (QED) is 0.816. The third-order valence-electron chi connectivity index (χ3n) is 2.85. The first-order chi connectivity index (χ1) is 10.0. The zero-order valence-electron chi connectivity index (χ0n) is 12.5. The fourth-order valence-electron chi connectivity index (χ4n) is 1.83. The molecule has 0 spiro atoms. The lowest BCUT2D eigenvalue weighted by atomic mass is 10.2. The van der Waals surface area contributed by atoms with Gasteiger partial charge in [0.2, 0.25) is 0 Å². The Morgan fingerprint density at radius 3 is 2.33 bits per heavy atom. The summed E-state index contributed by atoms with van der Waals surface area (Å²) in [6.07, 6.45) is 0. The summed E-state index contributed by atoms with van der Waals surface area (Å²) in [6, 6.07) is 16.0. The summed E-state index contributed by atoms with van der Waals surface area (Å²) in [5, 5.41) is 6.91. The Bertz CT molecular complexity index is 608. The van der Waals surface area contributed by atoms with Crippen molar-refractivity contribution in [1.29, 1.82) is 0 Å². The number of aryl methyl sites for hydroxylation is 1. The van der Waals surface area contributed by atoms with E-state index in [-0.39, 0.29) is 0 Å². The van der Waals surface area contributed by atoms with Crippen LogP contribution in [-0.4, -0.2) is 11.2 Å². The fourth-order valence-corrected chi connectivity index (χ4v) is 2.19. The summed E-state index contributed by atoms with van der Waals surface area (Å²) in [5.41, 5.74) is 2.05. The predicted molar refractivity (Wildman–Crippen MR) is 92.2 cm³/mol.